The van der Waals surface area contributed by atoms with Crippen LogP contribution in [-0.4, -0.2) is 94.7 Å². The zero-order valence-electron chi connectivity index (χ0n) is 38.1. The third kappa shape index (κ3) is 14.2. The molecule has 0 spiro atoms. The van der Waals surface area contributed by atoms with Gasteiger partial charge in [0.05, 0.1) is 6.04 Å². The van der Waals surface area contributed by atoms with E-state index in [0.717, 1.165) is 26.2 Å². The van der Waals surface area contributed by atoms with Crippen LogP contribution < -0.4 is 20.2 Å². The van der Waals surface area contributed by atoms with Gasteiger partial charge in [-0.2, -0.15) is 0 Å². The minimum atomic E-state index is -3.67. The van der Waals surface area contributed by atoms with E-state index in [1.807, 2.05) is 0 Å². The van der Waals surface area contributed by atoms with Crippen molar-refractivity contribution in [2.24, 2.45) is 0 Å². The molecule has 0 aliphatic carbocycles. The molecule has 4 aromatic rings. The lowest BCUT2D eigenvalue weighted by molar-refractivity contribution is -0.429. The Kier molecular flexibility index (Phi) is 19.0. The molecule has 6 nitrogen and oxygen atoms in total. The van der Waals surface area contributed by atoms with Gasteiger partial charge in [-0.25, -0.2) is 9.48 Å². The lowest BCUT2D eigenvalue weighted by Gasteiger charge is -2.27. The number of aryl methyl sites for hydroxylation is 12. The maximum Gasteiger partial charge on any atom is 0.762 e. The highest BCUT2D eigenvalue weighted by atomic mass is 19.4. The van der Waals surface area contributed by atoms with Crippen molar-refractivity contribution >= 4 is 36.6 Å². The molecule has 11 heteroatoms. The Balaban J connectivity index is 0.000000361. The summed E-state index contributed by atoms with van der Waals surface area (Å²) in [6.45, 7) is 30.3. The summed E-state index contributed by atoms with van der Waals surface area (Å²) in [6, 6.07) is 18.9. The molecule has 2 atom stereocenters. The van der Waals surface area contributed by atoms with Crippen LogP contribution in [0.4, 0.5) is 35.7 Å². The molecule has 1 heterocycles. The van der Waals surface area contributed by atoms with Crippen molar-refractivity contribution in [2.45, 2.75) is 95.2 Å². The van der Waals surface area contributed by atoms with E-state index >= 15 is 0 Å². The van der Waals surface area contributed by atoms with E-state index in [1.165, 1.54) is 89.5 Å². The number of anilines is 3. The molecule has 1 aliphatic rings. The molecule has 1 aliphatic heterocycles. The average molecular weight is 805 g/mol. The molecule has 0 fully saturated rings. The van der Waals surface area contributed by atoms with E-state index in [4.69, 9.17) is 0 Å². The summed E-state index contributed by atoms with van der Waals surface area (Å²) in [4.78, 5) is 7.04. The van der Waals surface area contributed by atoms with Crippen molar-refractivity contribution in [3.05, 3.63) is 115 Å². The van der Waals surface area contributed by atoms with Gasteiger partial charge in [-0.1, -0.05) is 70.8 Å². The van der Waals surface area contributed by atoms with Crippen LogP contribution in [0.1, 0.15) is 66.8 Å². The van der Waals surface area contributed by atoms with Crippen molar-refractivity contribution in [3.8, 4) is 0 Å². The standard InChI is InChI=1S/C24H34N3.C23H35N3.BF3.FH/c1-16-9-18(3)23(19(4)10-16)26-14-22(13-25(7)8)27(15-26)24-20(5)11-17(2)12-21(24)6;1-15-9-17(3)22(18(4)10-15)24-13-21(14-26(7)8)25-23-19(5)11-16(2)12-20(23)6;2-1(3)4;/h9-12,15,22H,13-14H2,1-8H3;9-12,21,24-25H,13-14H2,1-8H3;;1H/q+1;;;/p-1. The summed E-state index contributed by atoms with van der Waals surface area (Å²) >= 11 is 0. The van der Waals surface area contributed by atoms with E-state index in [1.54, 1.807) is 0 Å². The molecule has 0 bridgehead atoms. The zero-order chi connectivity index (χ0) is 42.9. The van der Waals surface area contributed by atoms with E-state index in [0.29, 0.717) is 12.1 Å². The number of hydrogen-bond acceptors (Lipinski definition) is 5. The summed E-state index contributed by atoms with van der Waals surface area (Å²) < 4.78 is 31.5. The minimum absolute atomic E-state index is 0. The predicted molar refractivity (Wildman–Crippen MR) is 242 cm³/mol. The topological polar surface area (TPSA) is 36.8 Å². The van der Waals surface area contributed by atoms with Gasteiger partial charge in [0.1, 0.15) is 17.9 Å². The highest BCUT2D eigenvalue weighted by molar-refractivity contribution is 6.33. The van der Waals surface area contributed by atoms with Crippen molar-refractivity contribution in [3.63, 3.8) is 0 Å². The van der Waals surface area contributed by atoms with E-state index in [2.05, 4.69) is 196 Å². The number of likely N-dealkylation sites (N-methyl/N-ethyl adjacent to an activating group) is 2. The van der Waals surface area contributed by atoms with Gasteiger partial charge >= 0.3 is 7.54 Å². The van der Waals surface area contributed by atoms with E-state index in [9.17, 15) is 12.9 Å². The number of benzene rings is 4. The molecule has 0 saturated heterocycles. The van der Waals surface area contributed by atoms with E-state index in [-0.39, 0.29) is 4.70 Å². The molecule has 58 heavy (non-hydrogen) atoms. The lowest BCUT2D eigenvalue weighted by atomic mass is 10.0. The molecule has 0 saturated carbocycles. The quantitative estimate of drug-likeness (QED) is 0.0933. The van der Waals surface area contributed by atoms with Crippen LogP contribution in [-0.2, 0) is 0 Å². The smallest absolute Gasteiger partial charge is 0.762 e. The first-order valence-electron chi connectivity index (χ1n) is 20.0. The normalized spacial score (nSPS) is 13.9. The van der Waals surface area contributed by atoms with Gasteiger partial charge in [0.25, 0.3) is 0 Å². The van der Waals surface area contributed by atoms with Gasteiger partial charge in [0.2, 0.25) is 6.34 Å². The second kappa shape index (κ2) is 22.1. The molecule has 0 amide bonds. The fraction of sp³-hybridized carbons (Fsp3) is 0.468. The molecule has 2 unspecified atom stereocenters. The third-order valence-electron chi connectivity index (χ3n) is 10.3. The molecule has 2 N–H and O–H groups in total. The van der Waals surface area contributed by atoms with Crippen LogP contribution in [0.2, 0.25) is 0 Å². The van der Waals surface area contributed by atoms with Crippen LogP contribution >= 0.6 is 0 Å². The van der Waals surface area contributed by atoms with Crippen LogP contribution in [0.3, 0.4) is 0 Å². The Morgan fingerprint density at radius 1 is 0.621 bits per heavy atom. The summed E-state index contributed by atoms with van der Waals surface area (Å²) in [5.74, 6) is 0. The second-order valence-corrected chi connectivity index (χ2v) is 16.9. The Bertz CT molecular complexity index is 1920. The maximum absolute atomic E-state index is 9.67. The third-order valence-corrected chi connectivity index (χ3v) is 10.3. The Labute approximate surface area is 348 Å². The molecule has 4 aromatic carbocycles. The number of rotatable bonds is 11. The van der Waals surface area contributed by atoms with Gasteiger partial charge in [0.15, 0.2) is 6.04 Å². The van der Waals surface area contributed by atoms with Crippen molar-refractivity contribution in [2.75, 3.05) is 69.9 Å². The summed E-state index contributed by atoms with van der Waals surface area (Å²) in [5, 5.41) is 7.49. The van der Waals surface area contributed by atoms with Crippen molar-refractivity contribution in [1.29, 1.82) is 0 Å². The molecule has 5 rings (SSSR count). The number of halogens is 4. The lowest BCUT2D eigenvalue weighted by Crippen LogP contribution is -3.00. The van der Waals surface area contributed by atoms with Crippen LogP contribution in [0.25, 0.3) is 0 Å². The Hall–Kier alpha value is -4.35. The minimum Gasteiger partial charge on any atom is -1.00 e. The first-order chi connectivity index (χ1) is 26.6. The molecule has 0 aromatic heterocycles. The Morgan fingerprint density at radius 2 is 1.00 bits per heavy atom. The van der Waals surface area contributed by atoms with Gasteiger partial charge in [-0.15, -0.1) is 0 Å². The number of nitrogens with one attached hydrogen (secondary N) is 2. The number of hydrogen-bond donors (Lipinski definition) is 2. The first-order valence-corrected chi connectivity index (χ1v) is 20.0. The van der Waals surface area contributed by atoms with Crippen LogP contribution in [0, 0.1) is 83.1 Å². The first kappa shape index (κ1) is 49.8. The van der Waals surface area contributed by atoms with Gasteiger partial charge in [0, 0.05) is 31.0 Å². The van der Waals surface area contributed by atoms with Gasteiger partial charge in [-0.3, -0.25) is 12.9 Å². The van der Waals surface area contributed by atoms with Crippen molar-refractivity contribution in [1.82, 2.24) is 9.80 Å². The summed E-state index contributed by atoms with van der Waals surface area (Å²) in [6.07, 6.45) is 2.34. The molecule has 0 radical (unpaired) electrons. The average Bonchev–Trinajstić information content (AvgIpc) is 3.42. The molecular formula is C47H69BF4N6. The highest BCUT2D eigenvalue weighted by Crippen LogP contribution is 2.33. The number of nitrogens with zero attached hydrogens (tertiary/aromatic N) is 4. The van der Waals surface area contributed by atoms with Crippen LogP contribution in [0.15, 0.2) is 48.5 Å². The summed E-state index contributed by atoms with van der Waals surface area (Å²) in [7, 11) is 4.92. The SMILES string of the molecule is Cc1cc(C)c(N2C=[N+](c3c(C)cc(C)cc3C)CC2CN(C)C)c(C)c1.Cc1cc(C)c(NCC(CN(C)C)Nc2c(C)cc(C)cc2C)c(C)c1.FB(F)F.[F-]. The maximum atomic E-state index is 9.67. The Morgan fingerprint density at radius 3 is 1.40 bits per heavy atom. The highest BCUT2D eigenvalue weighted by Gasteiger charge is 2.37. The van der Waals surface area contributed by atoms with Crippen LogP contribution in [0.5, 0.6) is 0 Å². The predicted octanol–water partition coefficient (Wildman–Crippen LogP) is 7.53. The second-order valence-electron chi connectivity index (χ2n) is 16.9. The monoisotopic (exact) mass is 805 g/mol. The molecular weight excluding hydrogens is 735 g/mol. The van der Waals surface area contributed by atoms with E-state index < -0.39 is 7.54 Å². The fourth-order valence-electron chi connectivity index (χ4n) is 8.67. The van der Waals surface area contributed by atoms with Gasteiger partial charge < -0.3 is 25.1 Å². The largest absolute Gasteiger partial charge is 1.00 e. The molecule has 318 valence electrons. The fourth-order valence-corrected chi connectivity index (χ4v) is 8.67. The van der Waals surface area contributed by atoms with Gasteiger partial charge in [-0.05, 0) is 156 Å². The van der Waals surface area contributed by atoms with Crippen molar-refractivity contribution < 1.29 is 22.2 Å². The summed E-state index contributed by atoms with van der Waals surface area (Å²) in [5.41, 5.74) is 21.2. The zero-order valence-corrected chi connectivity index (χ0v) is 38.1.